The van der Waals surface area contributed by atoms with E-state index in [1.54, 1.807) is 6.92 Å². The van der Waals surface area contributed by atoms with Gasteiger partial charge in [-0.25, -0.2) is 0 Å². The Morgan fingerprint density at radius 2 is 1.60 bits per heavy atom. The average Bonchev–Trinajstić information content (AvgIpc) is 2.14. The highest BCUT2D eigenvalue weighted by Crippen LogP contribution is 2.24. The zero-order valence-electron chi connectivity index (χ0n) is 9.66. The van der Waals surface area contributed by atoms with Crippen molar-refractivity contribution in [2.24, 2.45) is 0 Å². The molecular weight excluding hydrogens is 203 g/mol. The van der Waals surface area contributed by atoms with E-state index in [9.17, 15) is 13.2 Å². The Kier molecular flexibility index (Phi) is 7.83. The van der Waals surface area contributed by atoms with Crippen LogP contribution in [0.2, 0.25) is 0 Å². The summed E-state index contributed by atoms with van der Waals surface area (Å²) in [7, 11) is 0. The standard InChI is InChI=1S/C11H22F3N/c1-3-5-6-7-8-9-10(15-4-2)11(12,13)14/h10,15H,3-9H2,1-2H3. The fourth-order valence-corrected chi connectivity index (χ4v) is 1.58. The van der Waals surface area contributed by atoms with Crippen LogP contribution in [-0.4, -0.2) is 18.8 Å². The smallest absolute Gasteiger partial charge is 0.306 e. The second-order valence-electron chi connectivity index (χ2n) is 3.85. The maximum atomic E-state index is 12.4. The van der Waals surface area contributed by atoms with Crippen LogP contribution in [0.4, 0.5) is 13.2 Å². The minimum Gasteiger partial charge on any atom is -0.306 e. The van der Waals surface area contributed by atoms with Gasteiger partial charge >= 0.3 is 6.18 Å². The largest absolute Gasteiger partial charge is 0.403 e. The van der Waals surface area contributed by atoms with Crippen molar-refractivity contribution in [2.45, 2.75) is 64.6 Å². The van der Waals surface area contributed by atoms with Gasteiger partial charge in [-0.2, -0.15) is 13.2 Å². The van der Waals surface area contributed by atoms with Crippen molar-refractivity contribution >= 4 is 0 Å². The highest BCUT2D eigenvalue weighted by atomic mass is 19.4. The average molecular weight is 225 g/mol. The first-order valence-corrected chi connectivity index (χ1v) is 5.82. The summed E-state index contributed by atoms with van der Waals surface area (Å²) in [6, 6.07) is -1.32. The Balaban J connectivity index is 3.67. The first-order chi connectivity index (χ1) is 7.02. The van der Waals surface area contributed by atoms with Crippen molar-refractivity contribution in [2.75, 3.05) is 6.54 Å². The van der Waals surface area contributed by atoms with Gasteiger partial charge in [0.05, 0.1) is 0 Å². The highest BCUT2D eigenvalue weighted by molar-refractivity contribution is 4.74. The molecule has 0 bridgehead atoms. The summed E-state index contributed by atoms with van der Waals surface area (Å²) >= 11 is 0. The monoisotopic (exact) mass is 225 g/mol. The van der Waals surface area contributed by atoms with E-state index in [4.69, 9.17) is 0 Å². The zero-order valence-corrected chi connectivity index (χ0v) is 9.66. The summed E-state index contributed by atoms with van der Waals surface area (Å²) in [5.41, 5.74) is 0. The molecule has 1 unspecified atom stereocenters. The van der Waals surface area contributed by atoms with Crippen molar-refractivity contribution in [3.05, 3.63) is 0 Å². The number of hydrogen-bond donors (Lipinski definition) is 1. The van der Waals surface area contributed by atoms with Crippen LogP contribution in [-0.2, 0) is 0 Å². The van der Waals surface area contributed by atoms with Crippen LogP contribution in [0.5, 0.6) is 0 Å². The van der Waals surface area contributed by atoms with Gasteiger partial charge in [0.15, 0.2) is 0 Å². The van der Waals surface area contributed by atoms with Crippen molar-refractivity contribution in [1.82, 2.24) is 5.32 Å². The Morgan fingerprint density at radius 1 is 1.00 bits per heavy atom. The molecule has 15 heavy (non-hydrogen) atoms. The summed E-state index contributed by atoms with van der Waals surface area (Å²) in [5.74, 6) is 0. The molecule has 0 aliphatic heterocycles. The molecule has 1 N–H and O–H groups in total. The normalized spacial score (nSPS) is 14.2. The predicted octanol–water partition coefficient (Wildman–Crippen LogP) is 3.89. The summed E-state index contributed by atoms with van der Waals surface area (Å²) in [6.45, 7) is 4.17. The number of alkyl halides is 3. The summed E-state index contributed by atoms with van der Waals surface area (Å²) in [5, 5.41) is 2.49. The SMILES string of the molecule is CCCCCCCC(NCC)C(F)(F)F. The minimum absolute atomic E-state index is 0.209. The third-order valence-electron chi connectivity index (χ3n) is 2.44. The molecule has 92 valence electrons. The molecule has 0 fully saturated rings. The molecule has 0 spiro atoms. The molecule has 0 aliphatic carbocycles. The van der Waals surface area contributed by atoms with E-state index in [1.807, 2.05) is 0 Å². The molecule has 0 saturated carbocycles. The molecule has 0 radical (unpaired) electrons. The van der Waals surface area contributed by atoms with Crippen LogP contribution in [0.15, 0.2) is 0 Å². The molecule has 1 nitrogen and oxygen atoms in total. The molecule has 0 aromatic heterocycles. The highest BCUT2D eigenvalue weighted by Gasteiger charge is 2.38. The molecule has 0 rings (SSSR count). The number of halogens is 3. The molecule has 4 heteroatoms. The quantitative estimate of drug-likeness (QED) is 0.618. The lowest BCUT2D eigenvalue weighted by Gasteiger charge is -2.20. The van der Waals surface area contributed by atoms with Crippen LogP contribution in [0, 0.1) is 0 Å². The summed E-state index contributed by atoms with van der Waals surface area (Å²) in [4.78, 5) is 0. The molecule has 0 aromatic carbocycles. The molecule has 0 aromatic rings. The lowest BCUT2D eigenvalue weighted by molar-refractivity contribution is -0.157. The van der Waals surface area contributed by atoms with Gasteiger partial charge < -0.3 is 5.32 Å². The fraction of sp³-hybridized carbons (Fsp3) is 1.00. The molecule has 0 heterocycles. The maximum absolute atomic E-state index is 12.4. The second kappa shape index (κ2) is 7.97. The number of unbranched alkanes of at least 4 members (excludes halogenated alkanes) is 4. The molecular formula is C11H22F3N. The van der Waals surface area contributed by atoms with E-state index in [0.717, 1.165) is 25.7 Å². The zero-order chi connectivity index (χ0) is 11.7. The van der Waals surface area contributed by atoms with E-state index < -0.39 is 12.2 Å². The van der Waals surface area contributed by atoms with Crippen LogP contribution in [0.25, 0.3) is 0 Å². The van der Waals surface area contributed by atoms with E-state index in [1.165, 1.54) is 0 Å². The van der Waals surface area contributed by atoms with Gasteiger partial charge in [0.1, 0.15) is 6.04 Å². The number of rotatable bonds is 8. The van der Waals surface area contributed by atoms with Crippen molar-refractivity contribution < 1.29 is 13.2 Å². The van der Waals surface area contributed by atoms with Gasteiger partial charge in [-0.15, -0.1) is 0 Å². The minimum atomic E-state index is -4.10. The molecule has 0 saturated heterocycles. The number of hydrogen-bond acceptors (Lipinski definition) is 1. The van der Waals surface area contributed by atoms with E-state index in [-0.39, 0.29) is 6.42 Å². The lowest BCUT2D eigenvalue weighted by atomic mass is 10.1. The van der Waals surface area contributed by atoms with Crippen molar-refractivity contribution in [1.29, 1.82) is 0 Å². The van der Waals surface area contributed by atoms with Crippen molar-refractivity contribution in [3.63, 3.8) is 0 Å². The van der Waals surface area contributed by atoms with Crippen LogP contribution in [0.1, 0.15) is 52.4 Å². The van der Waals surface area contributed by atoms with E-state index >= 15 is 0 Å². The van der Waals surface area contributed by atoms with Gasteiger partial charge in [0, 0.05) is 0 Å². The Hall–Kier alpha value is -0.250. The van der Waals surface area contributed by atoms with Gasteiger partial charge in [-0.05, 0) is 13.0 Å². The third-order valence-corrected chi connectivity index (χ3v) is 2.44. The third kappa shape index (κ3) is 7.65. The lowest BCUT2D eigenvalue weighted by Crippen LogP contribution is -2.42. The van der Waals surface area contributed by atoms with Crippen LogP contribution < -0.4 is 5.32 Å². The molecule has 1 atom stereocenters. The fourth-order valence-electron chi connectivity index (χ4n) is 1.58. The number of nitrogens with one attached hydrogen (secondary N) is 1. The van der Waals surface area contributed by atoms with Crippen LogP contribution in [0.3, 0.4) is 0 Å². The van der Waals surface area contributed by atoms with E-state index in [0.29, 0.717) is 13.0 Å². The summed E-state index contributed by atoms with van der Waals surface area (Å²) in [6.07, 6.45) is 0.978. The van der Waals surface area contributed by atoms with Gasteiger partial charge in [0.25, 0.3) is 0 Å². The van der Waals surface area contributed by atoms with Gasteiger partial charge in [-0.3, -0.25) is 0 Å². The second-order valence-corrected chi connectivity index (χ2v) is 3.85. The predicted molar refractivity (Wildman–Crippen MR) is 56.9 cm³/mol. The molecule has 0 aliphatic rings. The maximum Gasteiger partial charge on any atom is 0.403 e. The Bertz CT molecular complexity index is 145. The first-order valence-electron chi connectivity index (χ1n) is 5.82. The van der Waals surface area contributed by atoms with Crippen molar-refractivity contribution in [3.8, 4) is 0 Å². The van der Waals surface area contributed by atoms with Gasteiger partial charge in [-0.1, -0.05) is 46.0 Å². The Morgan fingerprint density at radius 3 is 2.07 bits per heavy atom. The summed E-state index contributed by atoms with van der Waals surface area (Å²) < 4.78 is 37.3. The topological polar surface area (TPSA) is 12.0 Å². The first kappa shape index (κ1) is 14.8. The van der Waals surface area contributed by atoms with Gasteiger partial charge in [0.2, 0.25) is 0 Å². The van der Waals surface area contributed by atoms with E-state index in [2.05, 4.69) is 12.2 Å². The Labute approximate surface area is 90.4 Å². The van der Waals surface area contributed by atoms with Crippen LogP contribution >= 0.6 is 0 Å². The molecule has 0 amide bonds.